The second-order valence-electron chi connectivity index (χ2n) is 4.69. The molecule has 0 aliphatic carbocycles. The molecule has 1 aliphatic heterocycles. The van der Waals surface area contributed by atoms with Crippen molar-refractivity contribution in [2.75, 3.05) is 26.7 Å². The number of ether oxygens (including phenoxy) is 2. The highest BCUT2D eigenvalue weighted by atomic mass is 16.5. The minimum absolute atomic E-state index is 0.181. The van der Waals surface area contributed by atoms with Gasteiger partial charge in [0.2, 0.25) is 0 Å². The van der Waals surface area contributed by atoms with Gasteiger partial charge in [-0.05, 0) is 31.7 Å². The van der Waals surface area contributed by atoms with Gasteiger partial charge in [0.15, 0.2) is 6.10 Å². The normalized spacial score (nSPS) is 17.6. The van der Waals surface area contributed by atoms with Gasteiger partial charge in [-0.15, -0.1) is 0 Å². The molecule has 1 atom stereocenters. The maximum atomic E-state index is 11.5. The number of hydrogen-bond donors (Lipinski definition) is 1. The van der Waals surface area contributed by atoms with Crippen LogP contribution >= 0.6 is 0 Å². The first-order valence-electron chi connectivity index (χ1n) is 6.40. The van der Waals surface area contributed by atoms with E-state index in [1.807, 2.05) is 13.1 Å². The van der Waals surface area contributed by atoms with Crippen LogP contribution in [0.15, 0.2) is 24.3 Å². The zero-order chi connectivity index (χ0) is 13.8. The lowest BCUT2D eigenvalue weighted by molar-refractivity contribution is -0.153. The van der Waals surface area contributed by atoms with Crippen LogP contribution < -0.4 is 4.74 Å². The summed E-state index contributed by atoms with van der Waals surface area (Å²) in [4.78, 5) is 13.6. The fraction of sp³-hybridized carbons (Fsp3) is 0.500. The first kappa shape index (κ1) is 13.8. The van der Waals surface area contributed by atoms with E-state index in [2.05, 4.69) is 4.90 Å². The van der Waals surface area contributed by atoms with Crippen molar-refractivity contribution in [3.8, 4) is 5.75 Å². The molecule has 0 aromatic heterocycles. The highest BCUT2D eigenvalue weighted by molar-refractivity contribution is 5.76. The van der Waals surface area contributed by atoms with E-state index in [4.69, 9.17) is 9.47 Å². The monoisotopic (exact) mass is 265 g/mol. The smallest absolute Gasteiger partial charge is 0.339 e. The number of likely N-dealkylation sites (N-methyl/N-ethyl adjacent to an activating group) is 1. The molecule has 1 heterocycles. The number of aliphatic hydroxyl groups excluding tert-OH is 1. The highest BCUT2D eigenvalue weighted by Gasteiger charge is 2.25. The maximum absolute atomic E-state index is 11.5. The van der Waals surface area contributed by atoms with Crippen LogP contribution in [0, 0.1) is 0 Å². The third kappa shape index (κ3) is 3.45. The Morgan fingerprint density at radius 2 is 2.26 bits per heavy atom. The van der Waals surface area contributed by atoms with Crippen LogP contribution in [-0.4, -0.2) is 48.8 Å². The number of aliphatic hydroxyl groups is 1. The van der Waals surface area contributed by atoms with Gasteiger partial charge in [-0.3, -0.25) is 4.90 Å². The van der Waals surface area contributed by atoms with Gasteiger partial charge in [-0.25, -0.2) is 4.79 Å². The number of nitrogens with zero attached hydrogens (tertiary/aromatic N) is 1. The van der Waals surface area contributed by atoms with Gasteiger partial charge < -0.3 is 14.6 Å². The molecule has 0 spiro atoms. The molecule has 0 radical (unpaired) electrons. The molecule has 0 amide bonds. The lowest BCUT2D eigenvalue weighted by Gasteiger charge is -2.36. The molecule has 1 unspecified atom stereocenters. The lowest BCUT2D eigenvalue weighted by Crippen LogP contribution is -2.51. The van der Waals surface area contributed by atoms with Gasteiger partial charge in [-0.1, -0.05) is 12.1 Å². The molecule has 1 aromatic carbocycles. The van der Waals surface area contributed by atoms with Crippen molar-refractivity contribution >= 4 is 5.97 Å². The number of benzene rings is 1. The number of carbonyl (C=O) groups excluding carboxylic acids is 1. The Balaban J connectivity index is 2.00. The Bertz CT molecular complexity index is 443. The number of carbonyl (C=O) groups is 1. The van der Waals surface area contributed by atoms with Crippen LogP contribution in [0.1, 0.15) is 18.6 Å². The van der Waals surface area contributed by atoms with Crippen molar-refractivity contribution in [2.45, 2.75) is 19.1 Å². The predicted molar refractivity (Wildman–Crippen MR) is 69.9 cm³/mol. The highest BCUT2D eigenvalue weighted by Crippen LogP contribution is 2.22. The Labute approximate surface area is 112 Å². The topological polar surface area (TPSA) is 59.0 Å². The Morgan fingerprint density at radius 1 is 1.53 bits per heavy atom. The molecule has 0 saturated carbocycles. The minimum atomic E-state index is -1.26. The second-order valence-corrected chi connectivity index (χ2v) is 4.69. The average Bonchev–Trinajstić information content (AvgIpc) is 2.37. The summed E-state index contributed by atoms with van der Waals surface area (Å²) in [7, 11) is 2.03. The van der Waals surface area contributed by atoms with Crippen molar-refractivity contribution < 1.29 is 19.4 Å². The van der Waals surface area contributed by atoms with Crippen LogP contribution in [-0.2, 0) is 9.53 Å². The SMILES string of the molecule is CCOC(=O)C(O)c1cccc(OC2CN(C)C2)c1. The van der Waals surface area contributed by atoms with E-state index < -0.39 is 12.1 Å². The van der Waals surface area contributed by atoms with Crippen molar-refractivity contribution in [1.82, 2.24) is 4.90 Å². The predicted octanol–water partition coefficient (Wildman–Crippen LogP) is 0.976. The molecule has 1 aliphatic rings. The molecule has 2 rings (SSSR count). The molecular formula is C14H19NO4. The third-order valence-corrected chi connectivity index (χ3v) is 3.02. The van der Waals surface area contributed by atoms with Crippen molar-refractivity contribution in [3.63, 3.8) is 0 Å². The van der Waals surface area contributed by atoms with Crippen molar-refractivity contribution in [2.24, 2.45) is 0 Å². The van der Waals surface area contributed by atoms with Crippen molar-refractivity contribution in [3.05, 3.63) is 29.8 Å². The summed E-state index contributed by atoms with van der Waals surface area (Å²) in [6, 6.07) is 6.94. The van der Waals surface area contributed by atoms with E-state index in [0.717, 1.165) is 13.1 Å². The lowest BCUT2D eigenvalue weighted by atomic mass is 10.1. The molecule has 1 fully saturated rings. The van der Waals surface area contributed by atoms with Crippen LogP contribution in [0.25, 0.3) is 0 Å². The summed E-state index contributed by atoms with van der Waals surface area (Å²) >= 11 is 0. The first-order chi connectivity index (χ1) is 9.10. The quantitative estimate of drug-likeness (QED) is 0.804. The summed E-state index contributed by atoms with van der Waals surface area (Å²) in [5.74, 6) is 0.0296. The Morgan fingerprint density at radius 3 is 2.89 bits per heavy atom. The fourth-order valence-corrected chi connectivity index (χ4v) is 2.02. The van der Waals surface area contributed by atoms with E-state index in [1.165, 1.54) is 0 Å². The Kier molecular flexibility index (Phi) is 4.39. The van der Waals surface area contributed by atoms with Crippen LogP contribution in [0.2, 0.25) is 0 Å². The molecule has 104 valence electrons. The van der Waals surface area contributed by atoms with Crippen molar-refractivity contribution in [1.29, 1.82) is 0 Å². The second kappa shape index (κ2) is 6.04. The summed E-state index contributed by atoms with van der Waals surface area (Å²) in [5.41, 5.74) is 0.489. The fourth-order valence-electron chi connectivity index (χ4n) is 2.02. The standard InChI is InChI=1S/C14H19NO4/c1-3-18-14(17)13(16)10-5-4-6-11(7-10)19-12-8-15(2)9-12/h4-7,12-13,16H,3,8-9H2,1-2H3. The van der Waals surface area contributed by atoms with Crippen LogP contribution in [0.5, 0.6) is 5.75 Å². The molecule has 1 saturated heterocycles. The van der Waals surface area contributed by atoms with Gasteiger partial charge in [0.25, 0.3) is 0 Å². The average molecular weight is 265 g/mol. The third-order valence-electron chi connectivity index (χ3n) is 3.02. The van der Waals surface area contributed by atoms with E-state index in [1.54, 1.807) is 25.1 Å². The molecule has 5 heteroatoms. The van der Waals surface area contributed by atoms with Crippen LogP contribution in [0.3, 0.4) is 0 Å². The van der Waals surface area contributed by atoms with E-state index in [9.17, 15) is 9.90 Å². The van der Waals surface area contributed by atoms with E-state index >= 15 is 0 Å². The number of likely N-dealkylation sites (tertiary alicyclic amines) is 1. The van der Waals surface area contributed by atoms with Gasteiger partial charge in [0.05, 0.1) is 6.61 Å². The summed E-state index contributed by atoms with van der Waals surface area (Å²) in [5, 5.41) is 9.85. The molecule has 0 bridgehead atoms. The maximum Gasteiger partial charge on any atom is 0.339 e. The molecular weight excluding hydrogens is 246 g/mol. The molecule has 19 heavy (non-hydrogen) atoms. The van der Waals surface area contributed by atoms with E-state index in [0.29, 0.717) is 11.3 Å². The number of esters is 1. The van der Waals surface area contributed by atoms with Gasteiger partial charge in [-0.2, -0.15) is 0 Å². The first-order valence-corrected chi connectivity index (χ1v) is 6.40. The molecule has 5 nitrogen and oxygen atoms in total. The van der Waals surface area contributed by atoms with Gasteiger partial charge >= 0.3 is 5.97 Å². The van der Waals surface area contributed by atoms with E-state index in [-0.39, 0.29) is 12.7 Å². The zero-order valence-electron chi connectivity index (χ0n) is 11.2. The summed E-state index contributed by atoms with van der Waals surface area (Å²) in [6.45, 7) is 3.74. The summed E-state index contributed by atoms with van der Waals surface area (Å²) in [6.07, 6.45) is -1.08. The van der Waals surface area contributed by atoms with Gasteiger partial charge in [0, 0.05) is 13.1 Å². The number of hydrogen-bond acceptors (Lipinski definition) is 5. The largest absolute Gasteiger partial charge is 0.488 e. The minimum Gasteiger partial charge on any atom is -0.488 e. The van der Waals surface area contributed by atoms with Gasteiger partial charge in [0.1, 0.15) is 11.9 Å². The number of rotatable bonds is 5. The van der Waals surface area contributed by atoms with Crippen LogP contribution in [0.4, 0.5) is 0 Å². The Hall–Kier alpha value is -1.59. The summed E-state index contributed by atoms with van der Waals surface area (Å²) < 4.78 is 10.5. The molecule has 1 N–H and O–H groups in total. The molecule has 1 aromatic rings. The zero-order valence-corrected chi connectivity index (χ0v) is 11.2.